The van der Waals surface area contributed by atoms with Gasteiger partial charge in [0.25, 0.3) is 5.91 Å². The van der Waals surface area contributed by atoms with E-state index < -0.39 is 23.6 Å². The third-order valence-electron chi connectivity index (χ3n) is 4.48. The van der Waals surface area contributed by atoms with Crippen LogP contribution in [0.15, 0.2) is 34.7 Å². The Kier molecular flexibility index (Phi) is 6.47. The minimum absolute atomic E-state index is 0.00501. The Morgan fingerprint density at radius 3 is 2.55 bits per heavy atom. The van der Waals surface area contributed by atoms with E-state index in [1.807, 2.05) is 0 Å². The fourth-order valence-electron chi connectivity index (χ4n) is 2.82. The Morgan fingerprint density at radius 1 is 1.19 bits per heavy atom. The van der Waals surface area contributed by atoms with Crippen molar-refractivity contribution >= 4 is 39.8 Å². The molecular formula is C21H17ClF3NO4S. The number of furan rings is 1. The van der Waals surface area contributed by atoms with Gasteiger partial charge in [0.2, 0.25) is 0 Å². The number of carbonyl (C=O) groups is 2. The molecule has 0 bridgehead atoms. The first-order chi connectivity index (χ1) is 14.5. The summed E-state index contributed by atoms with van der Waals surface area (Å²) in [5.41, 5.74) is 0.0588. The second kappa shape index (κ2) is 8.76. The van der Waals surface area contributed by atoms with Gasteiger partial charge in [0.15, 0.2) is 5.76 Å². The van der Waals surface area contributed by atoms with Crippen molar-refractivity contribution in [2.75, 3.05) is 11.9 Å². The number of thiophene rings is 1. The Morgan fingerprint density at radius 2 is 1.90 bits per heavy atom. The highest BCUT2D eigenvalue weighted by molar-refractivity contribution is 7.16. The van der Waals surface area contributed by atoms with Crippen LogP contribution in [0.5, 0.6) is 0 Å². The fourth-order valence-corrected chi connectivity index (χ4v) is 4.08. The first-order valence-electron chi connectivity index (χ1n) is 9.08. The molecule has 2 heterocycles. The Bertz CT molecular complexity index is 1150. The van der Waals surface area contributed by atoms with Gasteiger partial charge in [0.05, 0.1) is 22.8 Å². The quantitative estimate of drug-likeness (QED) is 0.419. The topological polar surface area (TPSA) is 68.5 Å². The number of hydrogen-bond donors (Lipinski definition) is 1. The van der Waals surface area contributed by atoms with Crippen LogP contribution in [-0.2, 0) is 10.9 Å². The second-order valence-electron chi connectivity index (χ2n) is 6.52. The third-order valence-corrected chi connectivity index (χ3v) is 5.93. The smallest absolute Gasteiger partial charge is 0.416 e. The van der Waals surface area contributed by atoms with Gasteiger partial charge in [-0.2, -0.15) is 13.2 Å². The number of benzene rings is 1. The molecule has 1 amide bonds. The molecule has 0 spiro atoms. The van der Waals surface area contributed by atoms with Crippen molar-refractivity contribution in [3.8, 4) is 11.3 Å². The molecule has 31 heavy (non-hydrogen) atoms. The number of aryl methyl sites for hydroxylation is 1. The molecule has 0 saturated heterocycles. The van der Waals surface area contributed by atoms with Gasteiger partial charge in [-0.3, -0.25) is 4.79 Å². The zero-order valence-corrected chi connectivity index (χ0v) is 18.2. The van der Waals surface area contributed by atoms with Crippen molar-refractivity contribution in [1.29, 1.82) is 0 Å². The number of anilines is 1. The molecule has 0 radical (unpaired) electrons. The summed E-state index contributed by atoms with van der Waals surface area (Å²) in [4.78, 5) is 25.7. The van der Waals surface area contributed by atoms with Gasteiger partial charge in [-0.05, 0) is 56.7 Å². The molecular weight excluding hydrogens is 455 g/mol. The highest BCUT2D eigenvalue weighted by Gasteiger charge is 2.31. The van der Waals surface area contributed by atoms with E-state index in [0.29, 0.717) is 10.6 Å². The van der Waals surface area contributed by atoms with Crippen LogP contribution in [0.3, 0.4) is 0 Å². The van der Waals surface area contributed by atoms with Crippen LogP contribution in [-0.4, -0.2) is 18.5 Å². The van der Waals surface area contributed by atoms with Crippen LogP contribution in [0.1, 0.15) is 43.8 Å². The lowest BCUT2D eigenvalue weighted by Gasteiger charge is -2.09. The Labute approximate surface area is 184 Å². The van der Waals surface area contributed by atoms with Crippen LogP contribution in [0, 0.1) is 13.8 Å². The van der Waals surface area contributed by atoms with E-state index in [4.69, 9.17) is 20.8 Å². The SMILES string of the molecule is CCOC(=O)c1c(NC(=O)c2ccc(-c3cc(C(F)(F)F)ccc3Cl)o2)sc(C)c1C. The summed E-state index contributed by atoms with van der Waals surface area (Å²) in [5.74, 6) is -1.37. The number of nitrogens with one attached hydrogen (secondary N) is 1. The molecule has 10 heteroatoms. The van der Waals surface area contributed by atoms with E-state index in [0.717, 1.165) is 23.1 Å². The standard InChI is InChI=1S/C21H17ClF3NO4S/c1-4-29-20(28)17-10(2)11(3)31-19(17)26-18(27)16-8-7-15(30-16)13-9-12(21(23,24)25)5-6-14(13)22/h5-9H,4H2,1-3H3,(H,26,27). The van der Waals surface area contributed by atoms with Gasteiger partial charge < -0.3 is 14.5 Å². The van der Waals surface area contributed by atoms with Crippen LogP contribution in [0.25, 0.3) is 11.3 Å². The lowest BCUT2D eigenvalue weighted by molar-refractivity contribution is -0.137. The maximum atomic E-state index is 13.0. The van der Waals surface area contributed by atoms with Crippen molar-refractivity contribution in [3.05, 3.63) is 62.7 Å². The number of carbonyl (C=O) groups excluding carboxylic acids is 2. The van der Waals surface area contributed by atoms with E-state index in [9.17, 15) is 22.8 Å². The van der Waals surface area contributed by atoms with E-state index in [-0.39, 0.29) is 34.3 Å². The molecule has 3 aromatic rings. The number of esters is 1. The van der Waals surface area contributed by atoms with Gasteiger partial charge in [-0.1, -0.05) is 11.6 Å². The van der Waals surface area contributed by atoms with E-state index in [2.05, 4.69) is 5.32 Å². The zero-order chi connectivity index (χ0) is 22.9. The largest absolute Gasteiger partial charge is 0.462 e. The monoisotopic (exact) mass is 471 g/mol. The summed E-state index contributed by atoms with van der Waals surface area (Å²) < 4.78 is 49.5. The number of halogens is 4. The van der Waals surface area contributed by atoms with Gasteiger partial charge in [-0.25, -0.2) is 4.79 Å². The minimum atomic E-state index is -4.55. The fraction of sp³-hybridized carbons (Fsp3) is 0.238. The molecule has 0 aliphatic carbocycles. The summed E-state index contributed by atoms with van der Waals surface area (Å²) in [7, 11) is 0. The summed E-state index contributed by atoms with van der Waals surface area (Å²) >= 11 is 7.24. The number of hydrogen-bond acceptors (Lipinski definition) is 5. The van der Waals surface area contributed by atoms with E-state index in [1.165, 1.54) is 23.5 Å². The number of amides is 1. The number of alkyl halides is 3. The summed E-state index contributed by atoms with van der Waals surface area (Å²) in [6.07, 6.45) is -4.55. The molecule has 1 N–H and O–H groups in total. The van der Waals surface area contributed by atoms with E-state index >= 15 is 0 Å². The lowest BCUT2D eigenvalue weighted by atomic mass is 10.1. The molecule has 3 rings (SSSR count). The average Bonchev–Trinajstić information content (AvgIpc) is 3.27. The zero-order valence-electron chi connectivity index (χ0n) is 16.6. The molecule has 5 nitrogen and oxygen atoms in total. The maximum Gasteiger partial charge on any atom is 0.416 e. The lowest BCUT2D eigenvalue weighted by Crippen LogP contribution is -2.14. The molecule has 0 fully saturated rings. The molecule has 0 atom stereocenters. The van der Waals surface area contributed by atoms with Gasteiger partial charge in [-0.15, -0.1) is 11.3 Å². The molecule has 0 unspecified atom stereocenters. The molecule has 1 aromatic carbocycles. The molecule has 0 aliphatic rings. The summed E-state index contributed by atoms with van der Waals surface area (Å²) in [6, 6.07) is 5.51. The van der Waals surface area contributed by atoms with Crippen LogP contribution >= 0.6 is 22.9 Å². The summed E-state index contributed by atoms with van der Waals surface area (Å²) in [5, 5.41) is 2.96. The second-order valence-corrected chi connectivity index (χ2v) is 8.15. The van der Waals surface area contributed by atoms with Crippen molar-refractivity contribution in [3.63, 3.8) is 0 Å². The van der Waals surface area contributed by atoms with Crippen molar-refractivity contribution < 1.29 is 31.9 Å². The molecule has 2 aromatic heterocycles. The van der Waals surface area contributed by atoms with Crippen molar-refractivity contribution in [1.82, 2.24) is 0 Å². The number of ether oxygens (including phenoxy) is 1. The maximum absolute atomic E-state index is 13.0. The molecule has 0 saturated carbocycles. The van der Waals surface area contributed by atoms with Crippen LogP contribution in [0.4, 0.5) is 18.2 Å². The van der Waals surface area contributed by atoms with Gasteiger partial charge in [0.1, 0.15) is 10.8 Å². The first-order valence-corrected chi connectivity index (χ1v) is 10.3. The van der Waals surface area contributed by atoms with Gasteiger partial charge in [0, 0.05) is 10.4 Å². The van der Waals surface area contributed by atoms with E-state index in [1.54, 1.807) is 20.8 Å². The summed E-state index contributed by atoms with van der Waals surface area (Å²) in [6.45, 7) is 5.40. The predicted molar refractivity (Wildman–Crippen MR) is 112 cm³/mol. The Balaban J connectivity index is 1.89. The molecule has 0 aliphatic heterocycles. The van der Waals surface area contributed by atoms with Crippen molar-refractivity contribution in [2.45, 2.75) is 26.9 Å². The molecule has 164 valence electrons. The number of rotatable bonds is 5. The average molecular weight is 472 g/mol. The van der Waals surface area contributed by atoms with Crippen LogP contribution < -0.4 is 5.32 Å². The normalized spacial score (nSPS) is 11.5. The Hall–Kier alpha value is -2.78. The predicted octanol–water partition coefficient (Wildman–Crippen LogP) is 6.73. The van der Waals surface area contributed by atoms with Crippen molar-refractivity contribution in [2.24, 2.45) is 0 Å². The highest BCUT2D eigenvalue weighted by atomic mass is 35.5. The van der Waals surface area contributed by atoms with Gasteiger partial charge >= 0.3 is 12.1 Å². The minimum Gasteiger partial charge on any atom is -0.462 e. The first kappa shape index (κ1) is 22.9. The van der Waals surface area contributed by atoms with Crippen LogP contribution in [0.2, 0.25) is 5.02 Å². The third kappa shape index (κ3) is 4.77. The highest BCUT2D eigenvalue weighted by Crippen LogP contribution is 2.37.